The highest BCUT2D eigenvalue weighted by atomic mass is 16.2. The van der Waals surface area contributed by atoms with Crippen LogP contribution in [0, 0.1) is 11.8 Å². The second-order valence-corrected chi connectivity index (χ2v) is 6.60. The zero-order valence-electron chi connectivity index (χ0n) is 13.2. The first-order valence-corrected chi connectivity index (χ1v) is 8.40. The number of carbonyl (C=O) groups is 1. The van der Waals surface area contributed by atoms with E-state index < -0.39 is 0 Å². The maximum atomic E-state index is 12.4. The Bertz CT molecular complexity index is 294. The molecular formula is C16H31N3O. The molecule has 2 saturated heterocycles. The quantitative estimate of drug-likeness (QED) is 0.831. The summed E-state index contributed by atoms with van der Waals surface area (Å²) in [6.45, 7) is 11.3. The molecule has 4 heteroatoms. The molecule has 1 unspecified atom stereocenters. The summed E-state index contributed by atoms with van der Waals surface area (Å²) in [7, 11) is 0. The molecule has 0 aromatic rings. The van der Waals surface area contributed by atoms with Gasteiger partial charge in [0, 0.05) is 19.6 Å². The van der Waals surface area contributed by atoms with Crippen molar-refractivity contribution in [1.29, 1.82) is 0 Å². The van der Waals surface area contributed by atoms with Gasteiger partial charge >= 0.3 is 0 Å². The molecule has 0 aromatic heterocycles. The van der Waals surface area contributed by atoms with E-state index in [1.807, 2.05) is 0 Å². The van der Waals surface area contributed by atoms with E-state index in [1.165, 1.54) is 25.7 Å². The largest absolute Gasteiger partial charge is 0.342 e. The zero-order chi connectivity index (χ0) is 14.4. The number of hydrogen-bond acceptors (Lipinski definition) is 3. The zero-order valence-corrected chi connectivity index (χ0v) is 13.2. The average Bonchev–Trinajstić information content (AvgIpc) is 2.48. The number of carbonyl (C=O) groups excluding carboxylic acids is 1. The van der Waals surface area contributed by atoms with Crippen molar-refractivity contribution in [1.82, 2.24) is 15.1 Å². The smallest absolute Gasteiger partial charge is 0.236 e. The Morgan fingerprint density at radius 2 is 2.05 bits per heavy atom. The molecule has 20 heavy (non-hydrogen) atoms. The number of hydrogen-bond donors (Lipinski definition) is 1. The van der Waals surface area contributed by atoms with E-state index in [4.69, 9.17) is 0 Å². The molecule has 0 radical (unpaired) electrons. The lowest BCUT2D eigenvalue weighted by Crippen LogP contribution is -2.46. The van der Waals surface area contributed by atoms with Crippen LogP contribution in [0.25, 0.3) is 0 Å². The van der Waals surface area contributed by atoms with Gasteiger partial charge in [-0.05, 0) is 57.2 Å². The fourth-order valence-corrected chi connectivity index (χ4v) is 3.30. The van der Waals surface area contributed by atoms with Crippen LogP contribution in [0.2, 0.25) is 0 Å². The van der Waals surface area contributed by atoms with Gasteiger partial charge in [-0.25, -0.2) is 0 Å². The van der Waals surface area contributed by atoms with Crippen LogP contribution >= 0.6 is 0 Å². The van der Waals surface area contributed by atoms with Crippen molar-refractivity contribution < 1.29 is 4.79 Å². The fourth-order valence-electron chi connectivity index (χ4n) is 3.30. The first-order valence-electron chi connectivity index (χ1n) is 8.40. The van der Waals surface area contributed by atoms with Crippen LogP contribution in [0.4, 0.5) is 0 Å². The Hall–Kier alpha value is -0.610. The second kappa shape index (κ2) is 7.99. The van der Waals surface area contributed by atoms with Crippen LogP contribution in [-0.2, 0) is 4.79 Å². The highest BCUT2D eigenvalue weighted by Gasteiger charge is 2.23. The van der Waals surface area contributed by atoms with Crippen molar-refractivity contribution in [2.24, 2.45) is 11.8 Å². The topological polar surface area (TPSA) is 35.6 Å². The first kappa shape index (κ1) is 15.8. The summed E-state index contributed by atoms with van der Waals surface area (Å²) in [5.74, 6) is 1.84. The third kappa shape index (κ3) is 4.74. The molecule has 1 N–H and O–H groups in total. The normalized spacial score (nSPS) is 25.1. The molecule has 1 amide bonds. The number of amides is 1. The van der Waals surface area contributed by atoms with Gasteiger partial charge in [0.05, 0.1) is 6.54 Å². The van der Waals surface area contributed by atoms with Gasteiger partial charge in [0.25, 0.3) is 0 Å². The maximum Gasteiger partial charge on any atom is 0.236 e. The highest BCUT2D eigenvalue weighted by Crippen LogP contribution is 2.17. The number of nitrogens with one attached hydrogen (secondary N) is 1. The second-order valence-electron chi connectivity index (χ2n) is 6.60. The van der Waals surface area contributed by atoms with E-state index in [9.17, 15) is 4.79 Å². The minimum atomic E-state index is 0.336. The van der Waals surface area contributed by atoms with Crippen LogP contribution in [0.3, 0.4) is 0 Å². The van der Waals surface area contributed by atoms with Crippen molar-refractivity contribution in [3.63, 3.8) is 0 Å². The number of likely N-dealkylation sites (N-methyl/N-ethyl adjacent to an activating group) is 1. The van der Waals surface area contributed by atoms with Crippen LogP contribution in [-0.4, -0.2) is 61.5 Å². The summed E-state index contributed by atoms with van der Waals surface area (Å²) in [4.78, 5) is 16.8. The number of likely N-dealkylation sites (tertiary alicyclic amines) is 1. The lowest BCUT2D eigenvalue weighted by molar-refractivity contribution is -0.133. The molecule has 1 atom stereocenters. The predicted molar refractivity (Wildman–Crippen MR) is 82.7 cm³/mol. The number of nitrogens with zero attached hydrogens (tertiary/aromatic N) is 2. The van der Waals surface area contributed by atoms with Gasteiger partial charge in [0.2, 0.25) is 5.91 Å². The molecule has 4 nitrogen and oxygen atoms in total. The van der Waals surface area contributed by atoms with Gasteiger partial charge < -0.3 is 10.2 Å². The molecule has 2 aliphatic heterocycles. The van der Waals surface area contributed by atoms with Gasteiger partial charge in [-0.3, -0.25) is 9.69 Å². The number of piperidine rings is 2. The number of rotatable bonds is 5. The van der Waals surface area contributed by atoms with Gasteiger partial charge in [0.15, 0.2) is 0 Å². The van der Waals surface area contributed by atoms with Gasteiger partial charge in [-0.2, -0.15) is 0 Å². The van der Waals surface area contributed by atoms with Crippen molar-refractivity contribution in [2.45, 2.75) is 39.5 Å². The molecule has 0 aliphatic carbocycles. The SMILES string of the molecule is CCN(CC(=O)N1CCC(C)CC1)CC1CCCNC1. The van der Waals surface area contributed by atoms with E-state index in [1.54, 1.807) is 0 Å². The van der Waals surface area contributed by atoms with Crippen LogP contribution in [0.15, 0.2) is 0 Å². The molecule has 116 valence electrons. The van der Waals surface area contributed by atoms with Gasteiger partial charge in [-0.15, -0.1) is 0 Å². The molecule has 0 saturated carbocycles. The van der Waals surface area contributed by atoms with Crippen LogP contribution in [0.1, 0.15) is 39.5 Å². The Morgan fingerprint density at radius 3 is 2.65 bits per heavy atom. The van der Waals surface area contributed by atoms with E-state index in [0.29, 0.717) is 12.5 Å². The summed E-state index contributed by atoms with van der Waals surface area (Å²) in [6, 6.07) is 0. The summed E-state index contributed by atoms with van der Waals surface area (Å²) < 4.78 is 0. The van der Waals surface area contributed by atoms with E-state index >= 15 is 0 Å². The minimum absolute atomic E-state index is 0.336. The van der Waals surface area contributed by atoms with Crippen molar-refractivity contribution in [3.8, 4) is 0 Å². The van der Waals surface area contributed by atoms with Crippen LogP contribution in [0.5, 0.6) is 0 Å². The predicted octanol–water partition coefficient (Wildman–Crippen LogP) is 1.57. The summed E-state index contributed by atoms with van der Waals surface area (Å²) in [5, 5.41) is 3.46. The average molecular weight is 281 g/mol. The third-order valence-electron chi connectivity index (χ3n) is 4.86. The van der Waals surface area contributed by atoms with Crippen molar-refractivity contribution in [3.05, 3.63) is 0 Å². The lowest BCUT2D eigenvalue weighted by Gasteiger charge is -2.33. The molecule has 2 fully saturated rings. The molecule has 2 rings (SSSR count). The first-order chi connectivity index (χ1) is 9.69. The Kier molecular flexibility index (Phi) is 6.30. The van der Waals surface area contributed by atoms with Crippen molar-refractivity contribution >= 4 is 5.91 Å². The van der Waals surface area contributed by atoms with E-state index in [2.05, 4.69) is 29.0 Å². The van der Waals surface area contributed by atoms with E-state index in [-0.39, 0.29) is 0 Å². The Balaban J connectivity index is 1.75. The maximum absolute atomic E-state index is 12.4. The molecule has 2 heterocycles. The molecular weight excluding hydrogens is 250 g/mol. The monoisotopic (exact) mass is 281 g/mol. The minimum Gasteiger partial charge on any atom is -0.342 e. The molecule has 0 bridgehead atoms. The summed E-state index contributed by atoms with van der Waals surface area (Å²) in [6.07, 6.45) is 4.92. The fraction of sp³-hybridized carbons (Fsp3) is 0.938. The lowest BCUT2D eigenvalue weighted by atomic mass is 9.98. The molecule has 2 aliphatic rings. The Morgan fingerprint density at radius 1 is 1.30 bits per heavy atom. The standard InChI is InChI=1S/C16H31N3O/c1-3-18(12-15-5-4-8-17-11-15)13-16(20)19-9-6-14(2)7-10-19/h14-15,17H,3-13H2,1-2H3. The molecule has 0 aromatic carbocycles. The third-order valence-corrected chi connectivity index (χ3v) is 4.86. The van der Waals surface area contributed by atoms with Gasteiger partial charge in [-0.1, -0.05) is 13.8 Å². The van der Waals surface area contributed by atoms with E-state index in [0.717, 1.165) is 51.1 Å². The molecule has 0 spiro atoms. The summed E-state index contributed by atoms with van der Waals surface area (Å²) in [5.41, 5.74) is 0. The summed E-state index contributed by atoms with van der Waals surface area (Å²) >= 11 is 0. The van der Waals surface area contributed by atoms with Crippen molar-refractivity contribution in [2.75, 3.05) is 45.8 Å². The Labute approximate surface area is 123 Å². The van der Waals surface area contributed by atoms with Gasteiger partial charge in [0.1, 0.15) is 0 Å². The van der Waals surface area contributed by atoms with Crippen LogP contribution < -0.4 is 5.32 Å². The highest BCUT2D eigenvalue weighted by molar-refractivity contribution is 5.78.